The highest BCUT2D eigenvalue weighted by Crippen LogP contribution is 2.18. The number of aryl methyl sites for hydroxylation is 1. The third-order valence-corrected chi connectivity index (χ3v) is 3.77. The Morgan fingerprint density at radius 1 is 1.26 bits per heavy atom. The Morgan fingerprint density at radius 3 is 2.83 bits per heavy atom. The maximum atomic E-state index is 13.1. The van der Waals surface area contributed by atoms with E-state index >= 15 is 0 Å². The van der Waals surface area contributed by atoms with E-state index < -0.39 is 0 Å². The van der Waals surface area contributed by atoms with Crippen molar-refractivity contribution in [3.05, 3.63) is 29.6 Å². The summed E-state index contributed by atoms with van der Waals surface area (Å²) >= 11 is 0. The van der Waals surface area contributed by atoms with E-state index in [1.165, 1.54) is 25.0 Å². The van der Waals surface area contributed by atoms with E-state index in [0.29, 0.717) is 38.7 Å². The van der Waals surface area contributed by atoms with Crippen LogP contribution in [0.3, 0.4) is 0 Å². The predicted molar refractivity (Wildman–Crippen MR) is 86.1 cm³/mol. The first kappa shape index (κ1) is 17.7. The molecule has 5 nitrogen and oxygen atoms in total. The minimum atomic E-state index is -0.313. The van der Waals surface area contributed by atoms with Gasteiger partial charge in [0.05, 0.1) is 19.8 Å². The Hall–Kier alpha value is -1.66. The van der Waals surface area contributed by atoms with Crippen molar-refractivity contribution in [2.24, 2.45) is 0 Å². The molecule has 1 fully saturated rings. The Kier molecular flexibility index (Phi) is 7.29. The minimum absolute atomic E-state index is 0.0436. The number of ether oxygens (including phenoxy) is 2. The van der Waals surface area contributed by atoms with E-state index in [1.54, 1.807) is 6.07 Å². The average Bonchev–Trinajstić information content (AvgIpc) is 3.02. The van der Waals surface area contributed by atoms with Gasteiger partial charge < -0.3 is 14.8 Å². The van der Waals surface area contributed by atoms with Crippen LogP contribution in [-0.2, 0) is 9.53 Å². The summed E-state index contributed by atoms with van der Waals surface area (Å²) in [6.07, 6.45) is 2.36. The van der Waals surface area contributed by atoms with Gasteiger partial charge in [-0.1, -0.05) is 6.07 Å². The highest BCUT2D eigenvalue weighted by molar-refractivity contribution is 5.78. The maximum Gasteiger partial charge on any atom is 0.234 e. The Bertz CT molecular complexity index is 505. The van der Waals surface area contributed by atoms with Crippen LogP contribution in [0.5, 0.6) is 5.75 Å². The van der Waals surface area contributed by atoms with Crippen molar-refractivity contribution in [3.8, 4) is 5.75 Å². The van der Waals surface area contributed by atoms with Crippen LogP contribution >= 0.6 is 0 Å². The van der Waals surface area contributed by atoms with Gasteiger partial charge in [0, 0.05) is 12.6 Å². The first-order chi connectivity index (χ1) is 11.1. The highest BCUT2D eigenvalue weighted by Gasteiger charge is 2.14. The third kappa shape index (κ3) is 6.54. The summed E-state index contributed by atoms with van der Waals surface area (Å²) in [4.78, 5) is 13.8. The quantitative estimate of drug-likeness (QED) is 0.703. The number of halogens is 1. The monoisotopic (exact) mass is 324 g/mol. The molecule has 0 spiro atoms. The van der Waals surface area contributed by atoms with Crippen molar-refractivity contribution in [3.63, 3.8) is 0 Å². The van der Waals surface area contributed by atoms with Gasteiger partial charge in [0.1, 0.15) is 18.2 Å². The van der Waals surface area contributed by atoms with Gasteiger partial charge in [0.15, 0.2) is 0 Å². The molecule has 1 aliphatic rings. The van der Waals surface area contributed by atoms with Crippen molar-refractivity contribution < 1.29 is 18.7 Å². The molecule has 1 aromatic carbocycles. The van der Waals surface area contributed by atoms with Crippen molar-refractivity contribution >= 4 is 5.91 Å². The van der Waals surface area contributed by atoms with Crippen LogP contribution < -0.4 is 10.1 Å². The first-order valence-corrected chi connectivity index (χ1v) is 8.11. The predicted octanol–water partition coefficient (Wildman–Crippen LogP) is 1.74. The molecule has 1 N–H and O–H groups in total. The van der Waals surface area contributed by atoms with Crippen molar-refractivity contribution in [2.75, 3.05) is 46.0 Å². The zero-order valence-corrected chi connectivity index (χ0v) is 13.6. The van der Waals surface area contributed by atoms with E-state index in [2.05, 4.69) is 10.2 Å². The van der Waals surface area contributed by atoms with Gasteiger partial charge in [-0.15, -0.1) is 0 Å². The molecule has 6 heteroatoms. The number of nitrogens with zero attached hydrogens (tertiary/aromatic N) is 1. The van der Waals surface area contributed by atoms with Gasteiger partial charge in [0.25, 0.3) is 0 Å². The van der Waals surface area contributed by atoms with Crippen LogP contribution in [-0.4, -0.2) is 56.8 Å². The smallest absolute Gasteiger partial charge is 0.234 e. The molecule has 1 aromatic rings. The lowest BCUT2D eigenvalue weighted by molar-refractivity contribution is -0.122. The van der Waals surface area contributed by atoms with E-state index in [0.717, 1.165) is 18.7 Å². The number of rotatable bonds is 9. The average molecular weight is 324 g/mol. The fourth-order valence-electron chi connectivity index (χ4n) is 2.50. The number of carbonyl (C=O) groups is 1. The summed E-state index contributed by atoms with van der Waals surface area (Å²) in [6.45, 7) is 6.06. The lowest BCUT2D eigenvalue weighted by Gasteiger charge is -2.14. The summed E-state index contributed by atoms with van der Waals surface area (Å²) in [6, 6.07) is 4.46. The Balaban J connectivity index is 1.49. The maximum absolute atomic E-state index is 13.1. The molecule has 0 aromatic heterocycles. The summed E-state index contributed by atoms with van der Waals surface area (Å²) in [5.74, 6) is 0.266. The number of hydrogen-bond acceptors (Lipinski definition) is 4. The largest absolute Gasteiger partial charge is 0.491 e. The fraction of sp³-hybridized carbons (Fsp3) is 0.588. The first-order valence-electron chi connectivity index (χ1n) is 8.11. The molecule has 0 saturated carbocycles. The van der Waals surface area contributed by atoms with E-state index in [9.17, 15) is 9.18 Å². The molecule has 1 amide bonds. The second-order valence-corrected chi connectivity index (χ2v) is 5.70. The second-order valence-electron chi connectivity index (χ2n) is 5.70. The van der Waals surface area contributed by atoms with Gasteiger partial charge in [-0.2, -0.15) is 0 Å². The Labute approximate surface area is 136 Å². The number of hydrogen-bond donors (Lipinski definition) is 1. The van der Waals surface area contributed by atoms with Crippen molar-refractivity contribution in [1.82, 2.24) is 10.2 Å². The number of nitrogens with one attached hydrogen (secondary N) is 1. The molecule has 0 aliphatic carbocycles. The molecular weight excluding hydrogens is 299 g/mol. The van der Waals surface area contributed by atoms with Gasteiger partial charge >= 0.3 is 0 Å². The minimum Gasteiger partial charge on any atom is -0.491 e. The number of benzene rings is 1. The highest BCUT2D eigenvalue weighted by atomic mass is 19.1. The van der Waals surface area contributed by atoms with Crippen molar-refractivity contribution in [2.45, 2.75) is 19.8 Å². The van der Waals surface area contributed by atoms with E-state index in [1.807, 2.05) is 6.92 Å². The number of likely N-dealkylation sites (tertiary alicyclic amines) is 1. The summed E-state index contributed by atoms with van der Waals surface area (Å²) in [5.41, 5.74) is 0.889. The molecule has 128 valence electrons. The Morgan fingerprint density at radius 2 is 2.04 bits per heavy atom. The van der Waals surface area contributed by atoms with Crippen LogP contribution in [0.15, 0.2) is 18.2 Å². The zero-order chi connectivity index (χ0) is 16.5. The topological polar surface area (TPSA) is 50.8 Å². The third-order valence-electron chi connectivity index (χ3n) is 3.77. The van der Waals surface area contributed by atoms with Crippen LogP contribution in [0.2, 0.25) is 0 Å². The molecule has 0 unspecified atom stereocenters. The van der Waals surface area contributed by atoms with Crippen LogP contribution in [0.1, 0.15) is 18.4 Å². The van der Waals surface area contributed by atoms with Gasteiger partial charge in [-0.05, 0) is 44.5 Å². The number of carbonyl (C=O) groups excluding carboxylic acids is 1. The molecule has 1 aliphatic heterocycles. The van der Waals surface area contributed by atoms with Crippen molar-refractivity contribution in [1.29, 1.82) is 0 Å². The zero-order valence-electron chi connectivity index (χ0n) is 13.6. The summed E-state index contributed by atoms with van der Waals surface area (Å²) in [7, 11) is 0. The molecule has 23 heavy (non-hydrogen) atoms. The lowest BCUT2D eigenvalue weighted by Crippen LogP contribution is -2.37. The van der Waals surface area contributed by atoms with Crippen LogP contribution in [0.25, 0.3) is 0 Å². The second kappa shape index (κ2) is 9.47. The normalized spacial score (nSPS) is 14.9. The van der Waals surface area contributed by atoms with Crippen LogP contribution in [0.4, 0.5) is 4.39 Å². The summed E-state index contributed by atoms with van der Waals surface area (Å²) in [5, 5.41) is 2.84. The van der Waals surface area contributed by atoms with E-state index in [4.69, 9.17) is 9.47 Å². The summed E-state index contributed by atoms with van der Waals surface area (Å²) < 4.78 is 24.0. The molecule has 0 bridgehead atoms. The molecule has 0 radical (unpaired) electrons. The fourth-order valence-corrected chi connectivity index (χ4v) is 2.50. The molecular formula is C17H25FN2O3. The van der Waals surface area contributed by atoms with Crippen LogP contribution in [0, 0.1) is 12.7 Å². The molecule has 2 rings (SSSR count). The van der Waals surface area contributed by atoms with Gasteiger partial charge in [-0.3, -0.25) is 9.69 Å². The lowest BCUT2D eigenvalue weighted by atomic mass is 10.2. The van der Waals surface area contributed by atoms with Gasteiger partial charge in [-0.25, -0.2) is 4.39 Å². The standard InChI is InChI=1S/C17H25FN2O3/c1-14-4-5-15(18)12-16(14)23-11-10-22-9-6-19-17(21)13-20-7-2-3-8-20/h4-5,12H,2-3,6-11,13H2,1H3,(H,19,21). The van der Waals surface area contributed by atoms with Gasteiger partial charge in [0.2, 0.25) is 5.91 Å². The molecule has 1 saturated heterocycles. The molecule has 0 atom stereocenters. The SMILES string of the molecule is Cc1ccc(F)cc1OCCOCCNC(=O)CN1CCCC1. The molecule has 1 heterocycles. The number of amides is 1. The van der Waals surface area contributed by atoms with E-state index in [-0.39, 0.29) is 11.7 Å².